The van der Waals surface area contributed by atoms with Crippen molar-refractivity contribution in [3.63, 3.8) is 0 Å². The fourth-order valence-electron chi connectivity index (χ4n) is 2.44. The molecular formula is C21H25NO3. The quantitative estimate of drug-likeness (QED) is 0.653. The van der Waals surface area contributed by atoms with E-state index >= 15 is 0 Å². The van der Waals surface area contributed by atoms with Crippen LogP contribution in [0.25, 0.3) is 6.08 Å². The van der Waals surface area contributed by atoms with E-state index in [1.807, 2.05) is 61.5 Å². The Morgan fingerprint density at radius 1 is 1.08 bits per heavy atom. The Morgan fingerprint density at radius 2 is 1.80 bits per heavy atom. The third-order valence-electron chi connectivity index (χ3n) is 3.72. The zero-order valence-electron chi connectivity index (χ0n) is 14.9. The van der Waals surface area contributed by atoms with Crippen molar-refractivity contribution in [2.45, 2.75) is 13.5 Å². The van der Waals surface area contributed by atoms with E-state index < -0.39 is 0 Å². The molecule has 0 saturated carbocycles. The molecule has 0 saturated heterocycles. The summed E-state index contributed by atoms with van der Waals surface area (Å²) in [5, 5.41) is 0. The molecule has 25 heavy (non-hydrogen) atoms. The van der Waals surface area contributed by atoms with Crippen molar-refractivity contribution in [3.8, 4) is 5.75 Å². The number of benzene rings is 2. The summed E-state index contributed by atoms with van der Waals surface area (Å²) in [5.41, 5.74) is 1.99. The second-order valence-corrected chi connectivity index (χ2v) is 5.54. The summed E-state index contributed by atoms with van der Waals surface area (Å²) in [7, 11) is 1.64. The standard InChI is InChI=1S/C21H25NO3/c1-3-25-20-12-8-7-11-19(20)13-14-21(23)22(15-16-24-2)17-18-9-5-4-6-10-18/h4-14H,3,15-17H2,1-2H3/b14-13+. The van der Waals surface area contributed by atoms with Crippen molar-refractivity contribution in [2.24, 2.45) is 0 Å². The maximum Gasteiger partial charge on any atom is 0.246 e. The van der Waals surface area contributed by atoms with Crippen LogP contribution < -0.4 is 4.74 Å². The first kappa shape index (κ1) is 18.7. The third-order valence-corrected chi connectivity index (χ3v) is 3.72. The summed E-state index contributed by atoms with van der Waals surface area (Å²) < 4.78 is 10.7. The van der Waals surface area contributed by atoms with Gasteiger partial charge in [-0.3, -0.25) is 4.79 Å². The lowest BCUT2D eigenvalue weighted by molar-refractivity contribution is -0.127. The Morgan fingerprint density at radius 3 is 2.52 bits per heavy atom. The van der Waals surface area contributed by atoms with Crippen molar-refractivity contribution in [2.75, 3.05) is 26.9 Å². The van der Waals surface area contributed by atoms with E-state index in [0.29, 0.717) is 26.3 Å². The molecule has 0 fully saturated rings. The van der Waals surface area contributed by atoms with Crippen LogP contribution in [0.15, 0.2) is 60.7 Å². The first-order valence-electron chi connectivity index (χ1n) is 8.46. The van der Waals surface area contributed by atoms with Crippen molar-refractivity contribution in [3.05, 3.63) is 71.8 Å². The maximum absolute atomic E-state index is 12.6. The highest BCUT2D eigenvalue weighted by molar-refractivity contribution is 5.92. The van der Waals surface area contributed by atoms with Gasteiger partial charge in [0.2, 0.25) is 5.91 Å². The minimum atomic E-state index is -0.0489. The Balaban J connectivity index is 2.10. The van der Waals surface area contributed by atoms with Crippen LogP contribution in [0.4, 0.5) is 0 Å². The number of amides is 1. The van der Waals surface area contributed by atoms with Crippen molar-refractivity contribution in [1.82, 2.24) is 4.90 Å². The molecule has 0 spiro atoms. The summed E-state index contributed by atoms with van der Waals surface area (Å²) in [4.78, 5) is 14.4. The van der Waals surface area contributed by atoms with Crippen molar-refractivity contribution in [1.29, 1.82) is 0 Å². The van der Waals surface area contributed by atoms with Crippen LogP contribution in [0, 0.1) is 0 Å². The van der Waals surface area contributed by atoms with Gasteiger partial charge in [0, 0.05) is 31.8 Å². The molecular weight excluding hydrogens is 314 g/mol. The van der Waals surface area contributed by atoms with Crippen LogP contribution in [-0.2, 0) is 16.1 Å². The molecule has 0 unspecified atom stereocenters. The van der Waals surface area contributed by atoms with Gasteiger partial charge in [-0.15, -0.1) is 0 Å². The van der Waals surface area contributed by atoms with Crippen molar-refractivity contribution < 1.29 is 14.3 Å². The van der Waals surface area contributed by atoms with Gasteiger partial charge in [0.25, 0.3) is 0 Å². The van der Waals surface area contributed by atoms with Crippen LogP contribution in [0.5, 0.6) is 5.75 Å². The molecule has 2 rings (SSSR count). The van der Waals surface area contributed by atoms with E-state index in [0.717, 1.165) is 16.9 Å². The van der Waals surface area contributed by atoms with Crippen molar-refractivity contribution >= 4 is 12.0 Å². The molecule has 0 radical (unpaired) electrons. The molecule has 2 aromatic rings. The zero-order valence-corrected chi connectivity index (χ0v) is 14.9. The average molecular weight is 339 g/mol. The summed E-state index contributed by atoms with van der Waals surface area (Å²) in [6.07, 6.45) is 3.40. The highest BCUT2D eigenvalue weighted by Crippen LogP contribution is 2.19. The summed E-state index contributed by atoms with van der Waals surface area (Å²) >= 11 is 0. The zero-order chi connectivity index (χ0) is 17.9. The Kier molecular flexibility index (Phi) is 7.73. The van der Waals surface area contributed by atoms with Crippen LogP contribution in [0.3, 0.4) is 0 Å². The predicted octanol–water partition coefficient (Wildman–Crippen LogP) is 3.77. The smallest absolute Gasteiger partial charge is 0.246 e. The van der Waals surface area contributed by atoms with E-state index in [4.69, 9.17) is 9.47 Å². The van der Waals surface area contributed by atoms with Crippen LogP contribution in [-0.4, -0.2) is 37.7 Å². The van der Waals surface area contributed by atoms with Crippen LogP contribution >= 0.6 is 0 Å². The topological polar surface area (TPSA) is 38.8 Å². The van der Waals surface area contributed by atoms with Gasteiger partial charge in [-0.1, -0.05) is 48.5 Å². The molecule has 0 aliphatic rings. The Bertz CT molecular complexity index is 683. The number of rotatable bonds is 9. The second-order valence-electron chi connectivity index (χ2n) is 5.54. The Labute approximate surface area is 149 Å². The highest BCUT2D eigenvalue weighted by Gasteiger charge is 2.11. The number of ether oxygens (including phenoxy) is 2. The molecule has 4 heteroatoms. The van der Waals surface area contributed by atoms with Crippen LogP contribution in [0.2, 0.25) is 0 Å². The average Bonchev–Trinajstić information content (AvgIpc) is 2.65. The lowest BCUT2D eigenvalue weighted by Crippen LogP contribution is -2.32. The first-order chi connectivity index (χ1) is 12.2. The molecule has 0 aliphatic heterocycles. The Hall–Kier alpha value is -2.59. The number of methoxy groups -OCH3 is 1. The minimum Gasteiger partial charge on any atom is -0.493 e. The largest absolute Gasteiger partial charge is 0.493 e. The van der Waals surface area contributed by atoms with Gasteiger partial charge < -0.3 is 14.4 Å². The van der Waals surface area contributed by atoms with Gasteiger partial charge in [0.1, 0.15) is 5.75 Å². The third kappa shape index (κ3) is 6.08. The fourth-order valence-corrected chi connectivity index (χ4v) is 2.44. The molecule has 0 heterocycles. The highest BCUT2D eigenvalue weighted by atomic mass is 16.5. The number of hydrogen-bond acceptors (Lipinski definition) is 3. The van der Waals surface area contributed by atoms with Crippen LogP contribution in [0.1, 0.15) is 18.1 Å². The van der Waals surface area contributed by atoms with Gasteiger partial charge >= 0.3 is 0 Å². The summed E-state index contributed by atoms with van der Waals surface area (Å²) in [6.45, 7) is 4.13. The molecule has 4 nitrogen and oxygen atoms in total. The fraction of sp³-hybridized carbons (Fsp3) is 0.286. The van der Waals surface area contributed by atoms with Gasteiger partial charge in [-0.05, 0) is 24.6 Å². The SMILES string of the molecule is CCOc1ccccc1/C=C/C(=O)N(CCOC)Cc1ccccc1. The monoisotopic (exact) mass is 339 g/mol. The molecule has 2 aromatic carbocycles. The van der Waals surface area contributed by atoms with E-state index in [2.05, 4.69) is 0 Å². The normalized spacial score (nSPS) is 10.8. The number of nitrogens with zero attached hydrogens (tertiary/aromatic N) is 1. The lowest BCUT2D eigenvalue weighted by atomic mass is 10.1. The second kappa shape index (κ2) is 10.3. The maximum atomic E-state index is 12.6. The van der Waals surface area contributed by atoms with Gasteiger partial charge in [0.15, 0.2) is 0 Å². The van der Waals surface area contributed by atoms with E-state index in [9.17, 15) is 4.79 Å². The van der Waals surface area contributed by atoms with Gasteiger partial charge in [-0.2, -0.15) is 0 Å². The van der Waals surface area contributed by atoms with Gasteiger partial charge in [-0.25, -0.2) is 0 Å². The lowest BCUT2D eigenvalue weighted by Gasteiger charge is -2.21. The molecule has 0 bridgehead atoms. The molecule has 1 amide bonds. The molecule has 0 aromatic heterocycles. The number of carbonyl (C=O) groups excluding carboxylic acids is 1. The number of hydrogen-bond donors (Lipinski definition) is 0. The summed E-state index contributed by atoms with van der Waals surface area (Å²) in [6, 6.07) is 17.6. The molecule has 0 atom stereocenters. The predicted molar refractivity (Wildman–Crippen MR) is 100 cm³/mol. The first-order valence-corrected chi connectivity index (χ1v) is 8.46. The van der Waals surface area contributed by atoms with E-state index in [-0.39, 0.29) is 5.91 Å². The number of carbonyl (C=O) groups is 1. The van der Waals surface area contributed by atoms with E-state index in [1.54, 1.807) is 24.2 Å². The van der Waals surface area contributed by atoms with E-state index in [1.165, 1.54) is 0 Å². The molecule has 132 valence electrons. The number of para-hydroxylation sites is 1. The summed E-state index contributed by atoms with van der Waals surface area (Å²) in [5.74, 6) is 0.729. The molecule has 0 N–H and O–H groups in total. The minimum absolute atomic E-state index is 0.0489. The molecule has 0 aliphatic carbocycles. The van der Waals surface area contributed by atoms with Gasteiger partial charge in [0.05, 0.1) is 13.2 Å².